The van der Waals surface area contributed by atoms with Gasteiger partial charge in [-0.15, -0.1) is 11.3 Å². The molecule has 0 saturated carbocycles. The molecule has 0 spiro atoms. The third-order valence-corrected chi connectivity index (χ3v) is 6.87. The van der Waals surface area contributed by atoms with Gasteiger partial charge in [0.25, 0.3) is 0 Å². The standard InChI is InChI=1S/C21H24N4OS/c1-2-15-13-26-11-10-25(15)20-18-16-7-3-4-8-17(16)27-21(18)24-19(23-20)14-6-5-9-22-12-14/h5-6,9,12,15H,2-4,7-8,10-11,13H2,1H3. The van der Waals surface area contributed by atoms with E-state index in [4.69, 9.17) is 14.7 Å². The number of thiophene rings is 1. The molecule has 3 aromatic rings. The van der Waals surface area contributed by atoms with E-state index >= 15 is 0 Å². The van der Waals surface area contributed by atoms with Gasteiger partial charge in [-0.1, -0.05) is 6.92 Å². The first-order chi connectivity index (χ1) is 13.3. The predicted octanol–water partition coefficient (Wildman–Crippen LogP) is 4.25. The summed E-state index contributed by atoms with van der Waals surface area (Å²) in [7, 11) is 0. The summed E-state index contributed by atoms with van der Waals surface area (Å²) < 4.78 is 5.75. The van der Waals surface area contributed by atoms with E-state index in [-0.39, 0.29) is 0 Å². The van der Waals surface area contributed by atoms with Crippen LogP contribution in [-0.2, 0) is 17.6 Å². The Bertz CT molecular complexity index is 956. The summed E-state index contributed by atoms with van der Waals surface area (Å²) in [6.07, 6.45) is 9.59. The van der Waals surface area contributed by atoms with Crippen LogP contribution in [-0.4, -0.2) is 40.8 Å². The number of pyridine rings is 1. The van der Waals surface area contributed by atoms with Crippen molar-refractivity contribution in [3.8, 4) is 11.4 Å². The Balaban J connectivity index is 1.74. The second kappa shape index (κ2) is 7.17. The maximum atomic E-state index is 5.75. The highest BCUT2D eigenvalue weighted by atomic mass is 32.1. The summed E-state index contributed by atoms with van der Waals surface area (Å²) in [5.74, 6) is 1.89. The molecule has 4 heterocycles. The van der Waals surface area contributed by atoms with Gasteiger partial charge in [-0.25, -0.2) is 9.97 Å². The minimum atomic E-state index is 0.373. The molecular weight excluding hydrogens is 356 g/mol. The van der Waals surface area contributed by atoms with Gasteiger partial charge in [0.2, 0.25) is 0 Å². The molecule has 1 fully saturated rings. The molecule has 0 aromatic carbocycles. The van der Waals surface area contributed by atoms with Gasteiger partial charge in [-0.3, -0.25) is 4.98 Å². The highest BCUT2D eigenvalue weighted by molar-refractivity contribution is 7.19. The molecule has 0 amide bonds. The molecule has 1 saturated heterocycles. The maximum Gasteiger partial charge on any atom is 0.164 e. The van der Waals surface area contributed by atoms with Crippen LogP contribution >= 0.6 is 11.3 Å². The van der Waals surface area contributed by atoms with Gasteiger partial charge in [-0.05, 0) is 49.8 Å². The Labute approximate surface area is 163 Å². The molecular formula is C21H24N4OS. The van der Waals surface area contributed by atoms with Crippen molar-refractivity contribution >= 4 is 27.4 Å². The Morgan fingerprint density at radius 1 is 1.26 bits per heavy atom. The first kappa shape index (κ1) is 17.1. The molecule has 0 radical (unpaired) electrons. The predicted molar refractivity (Wildman–Crippen MR) is 110 cm³/mol. The molecule has 27 heavy (non-hydrogen) atoms. The Hall–Kier alpha value is -2.05. The number of morpholine rings is 1. The number of rotatable bonds is 3. The zero-order chi connectivity index (χ0) is 18.2. The second-order valence-corrected chi connectivity index (χ2v) is 8.42. The molecule has 5 nitrogen and oxygen atoms in total. The third kappa shape index (κ3) is 3.01. The summed E-state index contributed by atoms with van der Waals surface area (Å²) in [5.41, 5.74) is 2.48. The van der Waals surface area contributed by atoms with Crippen LogP contribution in [0.15, 0.2) is 24.5 Å². The lowest BCUT2D eigenvalue weighted by atomic mass is 9.96. The number of anilines is 1. The van der Waals surface area contributed by atoms with Gasteiger partial charge in [-0.2, -0.15) is 0 Å². The smallest absolute Gasteiger partial charge is 0.164 e. The molecule has 1 atom stereocenters. The molecule has 1 aliphatic carbocycles. The fourth-order valence-electron chi connectivity index (χ4n) is 4.24. The molecule has 3 aromatic heterocycles. The highest BCUT2D eigenvalue weighted by Crippen LogP contribution is 2.41. The molecule has 2 aliphatic rings. The lowest BCUT2D eigenvalue weighted by Gasteiger charge is -2.36. The van der Waals surface area contributed by atoms with E-state index in [1.807, 2.05) is 29.7 Å². The lowest BCUT2D eigenvalue weighted by Crippen LogP contribution is -2.45. The summed E-state index contributed by atoms with van der Waals surface area (Å²) in [5, 5.41) is 1.29. The number of aromatic nitrogens is 3. The number of ether oxygens (including phenoxy) is 1. The van der Waals surface area contributed by atoms with Crippen molar-refractivity contribution in [2.45, 2.75) is 45.1 Å². The van der Waals surface area contributed by atoms with Gasteiger partial charge >= 0.3 is 0 Å². The summed E-state index contributed by atoms with van der Waals surface area (Å²) >= 11 is 1.87. The van der Waals surface area contributed by atoms with Crippen LogP contribution < -0.4 is 4.90 Å². The topological polar surface area (TPSA) is 51.1 Å². The van der Waals surface area contributed by atoms with Crippen LogP contribution in [0.4, 0.5) is 5.82 Å². The number of nitrogens with zero attached hydrogens (tertiary/aromatic N) is 4. The fourth-order valence-corrected chi connectivity index (χ4v) is 5.50. The Morgan fingerprint density at radius 2 is 2.19 bits per heavy atom. The molecule has 0 bridgehead atoms. The first-order valence-corrected chi connectivity index (χ1v) is 10.7. The number of fused-ring (bicyclic) bond motifs is 3. The van der Waals surface area contributed by atoms with Crippen LogP contribution in [0.5, 0.6) is 0 Å². The van der Waals surface area contributed by atoms with E-state index in [1.54, 1.807) is 6.20 Å². The van der Waals surface area contributed by atoms with Crippen molar-refractivity contribution in [3.05, 3.63) is 35.0 Å². The summed E-state index contributed by atoms with van der Waals surface area (Å²) in [6.45, 7) is 4.66. The van der Waals surface area contributed by atoms with Gasteiger partial charge in [0.15, 0.2) is 5.82 Å². The molecule has 6 heteroatoms. The van der Waals surface area contributed by atoms with Gasteiger partial charge in [0, 0.05) is 29.4 Å². The van der Waals surface area contributed by atoms with E-state index < -0.39 is 0 Å². The maximum absolute atomic E-state index is 5.75. The van der Waals surface area contributed by atoms with Gasteiger partial charge < -0.3 is 9.64 Å². The van der Waals surface area contributed by atoms with Gasteiger partial charge in [0.1, 0.15) is 10.6 Å². The number of hydrogen-bond donors (Lipinski definition) is 0. The van der Waals surface area contributed by atoms with Crippen molar-refractivity contribution in [1.29, 1.82) is 0 Å². The van der Waals surface area contributed by atoms with Crippen molar-refractivity contribution in [3.63, 3.8) is 0 Å². The monoisotopic (exact) mass is 380 g/mol. The molecule has 140 valence electrons. The van der Waals surface area contributed by atoms with Gasteiger partial charge in [0.05, 0.1) is 24.6 Å². The number of aryl methyl sites for hydroxylation is 2. The first-order valence-electron chi connectivity index (χ1n) is 9.92. The molecule has 1 unspecified atom stereocenters. The fraction of sp³-hybridized carbons (Fsp3) is 0.476. The van der Waals surface area contributed by atoms with E-state index in [1.165, 1.54) is 35.1 Å². The van der Waals surface area contributed by atoms with Crippen molar-refractivity contribution < 1.29 is 4.74 Å². The lowest BCUT2D eigenvalue weighted by molar-refractivity contribution is 0.0927. The average molecular weight is 381 g/mol. The van der Waals surface area contributed by atoms with Crippen LogP contribution in [0, 0.1) is 0 Å². The average Bonchev–Trinajstić information content (AvgIpc) is 3.12. The van der Waals surface area contributed by atoms with E-state index in [0.717, 1.165) is 54.6 Å². The van der Waals surface area contributed by atoms with Crippen LogP contribution in [0.3, 0.4) is 0 Å². The van der Waals surface area contributed by atoms with Crippen LogP contribution in [0.1, 0.15) is 36.6 Å². The van der Waals surface area contributed by atoms with Crippen LogP contribution in [0.25, 0.3) is 21.6 Å². The molecule has 5 rings (SSSR count). The second-order valence-electron chi connectivity index (χ2n) is 7.33. The third-order valence-electron chi connectivity index (χ3n) is 5.69. The zero-order valence-corrected chi connectivity index (χ0v) is 16.5. The minimum Gasteiger partial charge on any atom is -0.377 e. The van der Waals surface area contributed by atoms with Crippen molar-refractivity contribution in [1.82, 2.24) is 15.0 Å². The quantitative estimate of drug-likeness (QED) is 0.680. The van der Waals surface area contributed by atoms with E-state index in [0.29, 0.717) is 6.04 Å². The summed E-state index contributed by atoms with van der Waals surface area (Å²) in [4.78, 5) is 19.4. The molecule has 1 aliphatic heterocycles. The normalized spacial score (nSPS) is 20.0. The number of hydrogen-bond acceptors (Lipinski definition) is 6. The summed E-state index contributed by atoms with van der Waals surface area (Å²) in [6, 6.07) is 4.37. The Kier molecular flexibility index (Phi) is 4.53. The van der Waals surface area contributed by atoms with Crippen LogP contribution in [0.2, 0.25) is 0 Å². The van der Waals surface area contributed by atoms with Crippen molar-refractivity contribution in [2.75, 3.05) is 24.7 Å². The Morgan fingerprint density at radius 3 is 3.04 bits per heavy atom. The highest BCUT2D eigenvalue weighted by Gasteiger charge is 2.29. The SMILES string of the molecule is CCC1COCCN1c1nc(-c2cccnc2)nc2sc3c(c12)CCCC3. The zero-order valence-electron chi connectivity index (χ0n) is 15.6. The van der Waals surface area contributed by atoms with E-state index in [9.17, 15) is 0 Å². The van der Waals surface area contributed by atoms with E-state index in [2.05, 4.69) is 16.8 Å². The largest absolute Gasteiger partial charge is 0.377 e. The molecule has 0 N–H and O–H groups in total. The van der Waals surface area contributed by atoms with Crippen molar-refractivity contribution in [2.24, 2.45) is 0 Å². The minimum absolute atomic E-state index is 0.373.